The number of nitrogens with zero attached hydrogens (tertiary/aromatic N) is 2. The van der Waals surface area contributed by atoms with Crippen LogP contribution in [-0.2, 0) is 22.6 Å². The third-order valence-corrected chi connectivity index (χ3v) is 6.08. The molecule has 0 atom stereocenters. The molecule has 154 valence electrons. The number of nitrogens with one attached hydrogen (secondary N) is 1. The maximum atomic E-state index is 12.9. The molecule has 1 amide bonds. The van der Waals surface area contributed by atoms with Crippen LogP contribution in [0.1, 0.15) is 28.5 Å². The molecule has 0 saturated heterocycles. The van der Waals surface area contributed by atoms with Gasteiger partial charge >= 0.3 is 6.18 Å². The van der Waals surface area contributed by atoms with Crippen molar-refractivity contribution in [2.75, 3.05) is 0 Å². The van der Waals surface area contributed by atoms with Gasteiger partial charge in [0.15, 0.2) is 5.65 Å². The lowest BCUT2D eigenvalue weighted by atomic mass is 10.2. The largest absolute Gasteiger partial charge is 0.417 e. The van der Waals surface area contributed by atoms with Crippen molar-refractivity contribution in [2.45, 2.75) is 24.4 Å². The number of rotatable bonds is 4. The van der Waals surface area contributed by atoms with E-state index < -0.39 is 33.4 Å². The molecule has 2 aromatic heterocycles. The molecule has 0 spiro atoms. The minimum Gasteiger partial charge on any atom is -0.304 e. The number of imidazole rings is 1. The molecule has 0 fully saturated rings. The molecule has 12 heteroatoms. The molecular formula is C17H12Cl2F3N3O3S. The summed E-state index contributed by atoms with van der Waals surface area (Å²) in [7, 11) is -4.34. The lowest BCUT2D eigenvalue weighted by molar-refractivity contribution is -0.137. The summed E-state index contributed by atoms with van der Waals surface area (Å²) in [4.78, 5) is 15.9. The maximum Gasteiger partial charge on any atom is 0.417 e. The summed E-state index contributed by atoms with van der Waals surface area (Å²) in [6.45, 7) is 1.81. The molecule has 0 saturated carbocycles. The van der Waals surface area contributed by atoms with Gasteiger partial charge < -0.3 is 4.40 Å². The van der Waals surface area contributed by atoms with Crippen molar-refractivity contribution in [3.8, 4) is 0 Å². The summed E-state index contributed by atoms with van der Waals surface area (Å²) < 4.78 is 66.5. The number of sulfonamides is 1. The van der Waals surface area contributed by atoms with Crippen molar-refractivity contribution >= 4 is 44.8 Å². The first-order valence-corrected chi connectivity index (χ1v) is 10.3. The number of halogens is 5. The summed E-state index contributed by atoms with van der Waals surface area (Å²) >= 11 is 11.8. The second-order valence-electron chi connectivity index (χ2n) is 5.98. The highest BCUT2D eigenvalue weighted by Gasteiger charge is 2.32. The van der Waals surface area contributed by atoms with E-state index in [1.54, 1.807) is 6.07 Å². The van der Waals surface area contributed by atoms with Gasteiger partial charge in [-0.2, -0.15) is 13.2 Å². The Morgan fingerprint density at radius 2 is 1.86 bits per heavy atom. The van der Waals surface area contributed by atoms with Crippen LogP contribution >= 0.6 is 23.2 Å². The van der Waals surface area contributed by atoms with E-state index in [1.165, 1.54) is 12.1 Å². The van der Waals surface area contributed by atoms with Crippen LogP contribution in [0, 0.1) is 0 Å². The molecule has 3 aromatic rings. The van der Waals surface area contributed by atoms with E-state index in [0.29, 0.717) is 24.2 Å². The summed E-state index contributed by atoms with van der Waals surface area (Å²) in [5.41, 5.74) is -0.928. The number of pyridine rings is 1. The summed E-state index contributed by atoms with van der Waals surface area (Å²) in [6.07, 6.45) is -2.47. The zero-order valence-corrected chi connectivity index (χ0v) is 16.9. The van der Waals surface area contributed by atoms with E-state index >= 15 is 0 Å². The molecule has 0 radical (unpaired) electrons. The monoisotopic (exact) mass is 465 g/mol. The van der Waals surface area contributed by atoms with Gasteiger partial charge in [0.2, 0.25) is 0 Å². The summed E-state index contributed by atoms with van der Waals surface area (Å²) in [5.74, 6) is -1.14. The highest BCUT2D eigenvalue weighted by Crippen LogP contribution is 2.32. The van der Waals surface area contributed by atoms with Crippen LogP contribution in [0.15, 0.2) is 41.6 Å². The van der Waals surface area contributed by atoms with Crippen LogP contribution in [0.2, 0.25) is 10.0 Å². The van der Waals surface area contributed by atoms with Crippen LogP contribution in [0.25, 0.3) is 5.65 Å². The van der Waals surface area contributed by atoms with Gasteiger partial charge in [0.1, 0.15) is 10.6 Å². The number of fused-ring (bicyclic) bond motifs is 1. The minimum absolute atomic E-state index is 0.0876. The number of carbonyl (C=O) groups is 1. The fourth-order valence-corrected chi connectivity index (χ4v) is 4.29. The van der Waals surface area contributed by atoms with Gasteiger partial charge in [0.05, 0.1) is 15.6 Å². The Labute approximate surface area is 173 Å². The van der Waals surface area contributed by atoms with Crippen molar-refractivity contribution in [1.29, 1.82) is 0 Å². The van der Waals surface area contributed by atoms with E-state index in [9.17, 15) is 26.4 Å². The Bertz CT molecular complexity index is 1220. The van der Waals surface area contributed by atoms with Crippen LogP contribution < -0.4 is 4.72 Å². The first-order chi connectivity index (χ1) is 13.4. The van der Waals surface area contributed by atoms with Crippen molar-refractivity contribution in [2.24, 2.45) is 0 Å². The molecule has 1 N–H and O–H groups in total. The molecule has 3 rings (SSSR count). The number of benzene rings is 1. The van der Waals surface area contributed by atoms with Crippen molar-refractivity contribution < 1.29 is 26.4 Å². The van der Waals surface area contributed by atoms with Crippen molar-refractivity contribution in [3.63, 3.8) is 0 Å². The predicted octanol–water partition coefficient (Wildman–Crippen LogP) is 4.34. The van der Waals surface area contributed by atoms with Crippen LogP contribution in [0.4, 0.5) is 13.2 Å². The molecule has 0 unspecified atom stereocenters. The summed E-state index contributed by atoms with van der Waals surface area (Å²) in [6, 6.07) is 5.03. The topological polar surface area (TPSA) is 80.5 Å². The standard InChI is InChI=1S/C17H12Cl2F3N3O3S/c1-2-9-3-4-11(18)14(5-9)29(27,28)24-16(26)13-8-25-7-10(17(20,21)22)6-12(19)15(25)23-13/h3-8H,2H2,1H3,(H,24,26). The highest BCUT2D eigenvalue weighted by molar-refractivity contribution is 7.90. The van der Waals surface area contributed by atoms with E-state index in [4.69, 9.17) is 23.2 Å². The first kappa shape index (κ1) is 21.4. The van der Waals surface area contributed by atoms with Crippen LogP contribution in [-0.4, -0.2) is 23.7 Å². The lowest BCUT2D eigenvalue weighted by Gasteiger charge is -2.09. The predicted molar refractivity (Wildman–Crippen MR) is 101 cm³/mol. The number of amides is 1. The van der Waals surface area contributed by atoms with Crippen molar-refractivity contribution in [3.05, 3.63) is 63.5 Å². The van der Waals surface area contributed by atoms with Gasteiger partial charge in [0, 0.05) is 12.4 Å². The van der Waals surface area contributed by atoms with Gasteiger partial charge in [-0.1, -0.05) is 36.2 Å². The molecule has 0 aliphatic heterocycles. The number of aryl methyl sites for hydroxylation is 1. The van der Waals surface area contributed by atoms with Gasteiger partial charge in [0.25, 0.3) is 15.9 Å². The fourth-order valence-electron chi connectivity index (χ4n) is 2.52. The zero-order valence-electron chi connectivity index (χ0n) is 14.6. The number of hydrogen-bond donors (Lipinski definition) is 1. The Balaban J connectivity index is 1.97. The Hall–Kier alpha value is -2.30. The van der Waals surface area contributed by atoms with Gasteiger partial charge in [-0.3, -0.25) is 4.79 Å². The normalized spacial score (nSPS) is 12.3. The maximum absolute atomic E-state index is 12.9. The highest BCUT2D eigenvalue weighted by atomic mass is 35.5. The van der Waals surface area contributed by atoms with E-state index in [2.05, 4.69) is 4.98 Å². The third-order valence-electron chi connectivity index (χ3n) is 3.99. The quantitative estimate of drug-likeness (QED) is 0.621. The van der Waals surface area contributed by atoms with Gasteiger partial charge in [-0.25, -0.2) is 18.1 Å². The first-order valence-electron chi connectivity index (χ1n) is 8.03. The lowest BCUT2D eigenvalue weighted by Crippen LogP contribution is -2.31. The van der Waals surface area contributed by atoms with Gasteiger partial charge in [-0.15, -0.1) is 0 Å². The second-order valence-corrected chi connectivity index (χ2v) is 8.45. The van der Waals surface area contributed by atoms with Crippen LogP contribution in [0.5, 0.6) is 0 Å². The van der Waals surface area contributed by atoms with Crippen molar-refractivity contribution in [1.82, 2.24) is 14.1 Å². The molecule has 1 aromatic carbocycles. The number of hydrogen-bond acceptors (Lipinski definition) is 4. The molecule has 0 bridgehead atoms. The number of alkyl halides is 3. The number of aromatic nitrogens is 2. The Kier molecular flexibility index (Phi) is 5.54. The molecular weight excluding hydrogens is 454 g/mol. The SMILES string of the molecule is CCc1ccc(Cl)c(S(=O)(=O)NC(=O)c2cn3cc(C(F)(F)F)cc(Cl)c3n2)c1. The third kappa shape index (κ3) is 4.34. The molecule has 0 aliphatic carbocycles. The Morgan fingerprint density at radius 1 is 1.17 bits per heavy atom. The fraction of sp³-hybridized carbons (Fsp3) is 0.176. The van der Waals surface area contributed by atoms with E-state index in [1.807, 2.05) is 11.6 Å². The molecule has 2 heterocycles. The van der Waals surface area contributed by atoms with Crippen LogP contribution in [0.3, 0.4) is 0 Å². The molecule has 6 nitrogen and oxygen atoms in total. The summed E-state index contributed by atoms with van der Waals surface area (Å²) in [5, 5.41) is -0.434. The average molecular weight is 466 g/mol. The molecule has 0 aliphatic rings. The molecule has 29 heavy (non-hydrogen) atoms. The zero-order chi connectivity index (χ0) is 21.6. The van der Waals surface area contributed by atoms with E-state index in [-0.39, 0.29) is 20.6 Å². The minimum atomic E-state index is -4.66. The smallest absolute Gasteiger partial charge is 0.304 e. The second kappa shape index (κ2) is 7.51. The van der Waals surface area contributed by atoms with Gasteiger partial charge in [-0.05, 0) is 30.2 Å². The number of carbonyl (C=O) groups excluding carboxylic acids is 1. The Morgan fingerprint density at radius 3 is 2.48 bits per heavy atom. The average Bonchev–Trinajstić information content (AvgIpc) is 3.06. The van der Waals surface area contributed by atoms with E-state index in [0.717, 1.165) is 10.6 Å².